The molecule has 0 radical (unpaired) electrons. The Kier molecular flexibility index (Phi) is 8.16. The van der Waals surface area contributed by atoms with Crippen LogP contribution >= 0.6 is 0 Å². The molecule has 0 aromatic heterocycles. The molecule has 0 bridgehead atoms. The van der Waals surface area contributed by atoms with E-state index in [1.54, 1.807) is 12.2 Å². The van der Waals surface area contributed by atoms with E-state index in [0.29, 0.717) is 13.2 Å². The lowest BCUT2D eigenvalue weighted by atomic mass is 9.68. The molecular weight excluding hydrogens is 496 g/mol. The van der Waals surface area contributed by atoms with Crippen LogP contribution in [0.2, 0.25) is 0 Å². The zero-order chi connectivity index (χ0) is 28.0. The van der Waals surface area contributed by atoms with Crippen LogP contribution in [0.25, 0.3) is 21.5 Å². The first kappa shape index (κ1) is 27.4. The van der Waals surface area contributed by atoms with Crippen LogP contribution in [0.4, 0.5) is 0 Å². The molecule has 4 aromatic rings. The Balaban J connectivity index is 0.000000227. The summed E-state index contributed by atoms with van der Waals surface area (Å²) in [7, 11) is 0. The molecule has 40 heavy (non-hydrogen) atoms. The van der Waals surface area contributed by atoms with Crippen molar-refractivity contribution in [3.8, 4) is 0 Å². The van der Waals surface area contributed by atoms with Crippen molar-refractivity contribution >= 4 is 33.5 Å². The molecule has 4 aromatic carbocycles. The second kappa shape index (κ2) is 11.9. The van der Waals surface area contributed by atoms with Crippen molar-refractivity contribution in [2.75, 3.05) is 13.2 Å². The van der Waals surface area contributed by atoms with Gasteiger partial charge in [0.2, 0.25) is 0 Å². The van der Waals surface area contributed by atoms with Crippen molar-refractivity contribution in [2.24, 2.45) is 5.41 Å². The zero-order valence-electron chi connectivity index (χ0n) is 22.9. The van der Waals surface area contributed by atoms with Crippen molar-refractivity contribution in [1.29, 1.82) is 0 Å². The number of carbonyl (C=O) groups excluding carboxylic acids is 2. The maximum absolute atomic E-state index is 13.6. The van der Waals surface area contributed by atoms with Crippen LogP contribution in [0.15, 0.2) is 110 Å². The normalized spacial score (nSPS) is 18.3. The van der Waals surface area contributed by atoms with Crippen LogP contribution in [0.5, 0.6) is 0 Å². The van der Waals surface area contributed by atoms with Gasteiger partial charge in [-0.25, -0.2) is 0 Å². The molecule has 0 saturated carbocycles. The first-order chi connectivity index (χ1) is 19.6. The topological polar surface area (TPSA) is 52.6 Å². The van der Waals surface area contributed by atoms with Gasteiger partial charge in [-0.05, 0) is 71.2 Å². The third kappa shape index (κ3) is 4.95. The molecule has 2 aliphatic rings. The first-order valence-corrected chi connectivity index (χ1v) is 14.1. The van der Waals surface area contributed by atoms with E-state index in [1.165, 1.54) is 0 Å². The van der Waals surface area contributed by atoms with Gasteiger partial charge in [0.05, 0.1) is 13.2 Å². The third-order valence-corrected chi connectivity index (χ3v) is 8.35. The summed E-state index contributed by atoms with van der Waals surface area (Å²) >= 11 is 0. The van der Waals surface area contributed by atoms with Crippen molar-refractivity contribution in [3.05, 3.63) is 121 Å². The van der Waals surface area contributed by atoms with Crippen molar-refractivity contribution < 1.29 is 19.1 Å². The van der Waals surface area contributed by atoms with E-state index >= 15 is 0 Å². The number of hydrogen-bond donors (Lipinski definition) is 0. The van der Waals surface area contributed by atoms with Crippen molar-refractivity contribution in [2.45, 2.75) is 43.9 Å². The summed E-state index contributed by atoms with van der Waals surface area (Å²) in [6, 6.07) is 29.2. The molecule has 0 aliphatic carbocycles. The van der Waals surface area contributed by atoms with E-state index in [4.69, 9.17) is 9.47 Å². The lowest BCUT2D eigenvalue weighted by Gasteiger charge is -2.33. The Morgan fingerprint density at radius 1 is 0.575 bits per heavy atom. The van der Waals surface area contributed by atoms with Crippen LogP contribution in [0.1, 0.15) is 49.7 Å². The van der Waals surface area contributed by atoms with Gasteiger partial charge in [-0.1, -0.05) is 97.1 Å². The Morgan fingerprint density at radius 2 is 1.05 bits per heavy atom. The lowest BCUT2D eigenvalue weighted by Crippen LogP contribution is -2.38. The summed E-state index contributed by atoms with van der Waals surface area (Å²) in [5.74, 6) is -0.331. The Morgan fingerprint density at radius 3 is 1.60 bits per heavy atom. The molecule has 0 amide bonds. The largest absolute Gasteiger partial charge is 0.465 e. The number of rotatable bonds is 4. The van der Waals surface area contributed by atoms with Gasteiger partial charge in [0.1, 0.15) is 10.8 Å². The second-order valence-electron chi connectivity index (χ2n) is 10.6. The third-order valence-electron chi connectivity index (χ3n) is 8.35. The molecule has 0 spiro atoms. The monoisotopic (exact) mass is 532 g/mol. The highest BCUT2D eigenvalue weighted by Crippen LogP contribution is 2.45. The quantitative estimate of drug-likeness (QED) is 0.197. The molecule has 0 unspecified atom stereocenters. The first-order valence-electron chi connectivity index (χ1n) is 14.1. The lowest BCUT2D eigenvalue weighted by molar-refractivity contribution is -0.149. The minimum Gasteiger partial charge on any atom is -0.465 e. The maximum Gasteiger partial charge on any atom is 0.321 e. The summed E-state index contributed by atoms with van der Waals surface area (Å²) in [5.41, 5.74) is 0.678. The Hall–Kier alpha value is -4.18. The van der Waals surface area contributed by atoms with Gasteiger partial charge >= 0.3 is 11.9 Å². The zero-order valence-corrected chi connectivity index (χ0v) is 22.9. The summed E-state index contributed by atoms with van der Waals surface area (Å²) in [6.07, 6.45) is 8.59. The average molecular weight is 533 g/mol. The van der Waals surface area contributed by atoms with E-state index in [1.807, 2.05) is 24.3 Å². The Labute approximate surface area is 236 Å². The smallest absolute Gasteiger partial charge is 0.321 e. The van der Waals surface area contributed by atoms with E-state index in [9.17, 15) is 9.59 Å². The van der Waals surface area contributed by atoms with Gasteiger partial charge in [-0.15, -0.1) is 13.2 Å². The number of cyclic esters (lactones) is 2. The molecule has 6 rings (SSSR count). The van der Waals surface area contributed by atoms with Crippen LogP contribution in [0, 0.1) is 5.41 Å². The van der Waals surface area contributed by atoms with E-state index < -0.39 is 10.8 Å². The number of fused-ring (bicyclic) bond motifs is 2. The second-order valence-corrected chi connectivity index (χ2v) is 10.6. The van der Waals surface area contributed by atoms with Crippen LogP contribution in [-0.2, 0) is 24.5 Å². The molecule has 4 nitrogen and oxygen atoms in total. The predicted octanol–water partition coefficient (Wildman–Crippen LogP) is 8.08. The number of benzene rings is 4. The van der Waals surface area contributed by atoms with Crippen LogP contribution in [-0.4, -0.2) is 25.2 Å². The molecule has 2 fully saturated rings. The summed E-state index contributed by atoms with van der Waals surface area (Å²) < 4.78 is 10.8. The van der Waals surface area contributed by atoms with E-state index in [-0.39, 0.29) is 11.9 Å². The molecule has 0 atom stereocenters. The van der Waals surface area contributed by atoms with Gasteiger partial charge in [0.25, 0.3) is 0 Å². The molecular formula is C36H36O4. The fraction of sp³-hybridized carbons (Fsp3) is 0.278. The number of carbonyl (C=O) groups is 2. The maximum atomic E-state index is 13.6. The van der Waals surface area contributed by atoms with Gasteiger partial charge in [-0.3, -0.25) is 9.59 Å². The molecule has 2 aliphatic heterocycles. The standard InChI is InChI=1S/C26H22O2.C10H14O2/c27-25-26(17-5-6-18-28-25,23-15-7-11-19-9-1-3-13-21(19)23)24-16-8-12-20-10-2-4-14-22(20)24;1-3-10(4-2)7-5-6-8-12-9(10)11/h1-4,7-16H,5-6,17-18H2;3-4H,1-2,5-8H2. The van der Waals surface area contributed by atoms with Crippen LogP contribution < -0.4 is 0 Å². The minimum atomic E-state index is -0.793. The number of hydrogen-bond acceptors (Lipinski definition) is 4. The summed E-state index contributed by atoms with van der Waals surface area (Å²) in [4.78, 5) is 25.0. The highest BCUT2D eigenvalue weighted by molar-refractivity contribution is 6.00. The molecule has 204 valence electrons. The van der Waals surface area contributed by atoms with E-state index in [0.717, 1.165) is 71.2 Å². The van der Waals surface area contributed by atoms with Gasteiger partial charge < -0.3 is 9.47 Å². The molecule has 2 heterocycles. The predicted molar refractivity (Wildman–Crippen MR) is 161 cm³/mol. The SMILES string of the molecule is C=CC1(C=C)CCCCOC1=O.O=C1OCCCCC1(c1cccc2ccccc12)c1cccc2ccccc12. The molecule has 2 saturated heterocycles. The fourth-order valence-electron chi connectivity index (χ4n) is 6.09. The summed E-state index contributed by atoms with van der Waals surface area (Å²) in [6.45, 7) is 8.32. The Bertz CT molecular complexity index is 1450. The van der Waals surface area contributed by atoms with Crippen molar-refractivity contribution in [1.82, 2.24) is 0 Å². The fourth-order valence-corrected chi connectivity index (χ4v) is 6.09. The van der Waals surface area contributed by atoms with E-state index in [2.05, 4.69) is 73.8 Å². The highest BCUT2D eigenvalue weighted by Gasteiger charge is 2.46. The number of esters is 2. The van der Waals surface area contributed by atoms with Gasteiger partial charge in [0.15, 0.2) is 0 Å². The van der Waals surface area contributed by atoms with Crippen LogP contribution in [0.3, 0.4) is 0 Å². The summed E-state index contributed by atoms with van der Waals surface area (Å²) in [5, 5.41) is 4.54. The minimum absolute atomic E-state index is 0.127. The van der Waals surface area contributed by atoms with Crippen molar-refractivity contribution in [3.63, 3.8) is 0 Å². The highest BCUT2D eigenvalue weighted by atomic mass is 16.5. The molecule has 0 N–H and O–H groups in total. The number of ether oxygens (including phenoxy) is 2. The van der Waals surface area contributed by atoms with Gasteiger partial charge in [0, 0.05) is 0 Å². The molecule has 4 heteroatoms. The van der Waals surface area contributed by atoms with Gasteiger partial charge in [-0.2, -0.15) is 0 Å². The average Bonchev–Trinajstić information content (AvgIpc) is 3.32.